The molecule has 0 aliphatic carbocycles. The standard InChI is InChI=1S/C21H27N5O3/c1-13(28)14-5-7-22-16(11-14)23-17-12-15-6-8-26(9-10-27)20(29)18(15)19(24-17)25-21(2,3)4/h5-8,11-13,27-28H,9-10H2,1-4H3,(H2,22,23,24,25). The van der Waals surface area contributed by atoms with Gasteiger partial charge in [0.05, 0.1) is 18.1 Å². The molecule has 29 heavy (non-hydrogen) atoms. The number of aliphatic hydroxyl groups excluding tert-OH is 2. The summed E-state index contributed by atoms with van der Waals surface area (Å²) in [7, 11) is 0. The van der Waals surface area contributed by atoms with Gasteiger partial charge in [-0.3, -0.25) is 4.79 Å². The van der Waals surface area contributed by atoms with E-state index in [0.29, 0.717) is 22.8 Å². The van der Waals surface area contributed by atoms with Crippen molar-refractivity contribution < 1.29 is 10.2 Å². The SMILES string of the molecule is CC(O)c1ccnc(Nc2cc3ccn(CCO)c(=O)c3c(NC(C)(C)C)n2)c1. The van der Waals surface area contributed by atoms with Crippen LogP contribution in [0.15, 0.2) is 41.5 Å². The van der Waals surface area contributed by atoms with Gasteiger partial charge in [0.2, 0.25) is 0 Å². The van der Waals surface area contributed by atoms with E-state index in [1.807, 2.05) is 26.8 Å². The van der Waals surface area contributed by atoms with Crippen molar-refractivity contribution in [3.8, 4) is 0 Å². The number of nitrogens with zero attached hydrogens (tertiary/aromatic N) is 3. The van der Waals surface area contributed by atoms with Crippen molar-refractivity contribution in [3.05, 3.63) is 52.6 Å². The van der Waals surface area contributed by atoms with Gasteiger partial charge in [0, 0.05) is 24.5 Å². The Balaban J connectivity index is 2.11. The van der Waals surface area contributed by atoms with Gasteiger partial charge in [-0.2, -0.15) is 0 Å². The Morgan fingerprint density at radius 1 is 1.21 bits per heavy atom. The van der Waals surface area contributed by atoms with Crippen molar-refractivity contribution in [1.29, 1.82) is 0 Å². The number of aliphatic hydroxyl groups is 2. The van der Waals surface area contributed by atoms with Crippen LogP contribution in [-0.2, 0) is 6.54 Å². The molecule has 0 aromatic carbocycles. The predicted molar refractivity (Wildman–Crippen MR) is 115 cm³/mol. The van der Waals surface area contributed by atoms with E-state index in [1.165, 1.54) is 4.57 Å². The molecule has 0 saturated heterocycles. The lowest BCUT2D eigenvalue weighted by atomic mass is 10.1. The van der Waals surface area contributed by atoms with Crippen molar-refractivity contribution in [2.24, 2.45) is 0 Å². The minimum Gasteiger partial charge on any atom is -0.395 e. The highest BCUT2D eigenvalue weighted by Gasteiger charge is 2.17. The minimum absolute atomic E-state index is 0.119. The van der Waals surface area contributed by atoms with Crippen LogP contribution in [0.4, 0.5) is 17.5 Å². The highest BCUT2D eigenvalue weighted by atomic mass is 16.3. The number of fused-ring (bicyclic) bond motifs is 1. The van der Waals surface area contributed by atoms with Crippen LogP contribution in [0.3, 0.4) is 0 Å². The lowest BCUT2D eigenvalue weighted by molar-refractivity contribution is 0.199. The fourth-order valence-corrected chi connectivity index (χ4v) is 3.00. The van der Waals surface area contributed by atoms with Crippen LogP contribution in [0.25, 0.3) is 10.8 Å². The minimum atomic E-state index is -0.605. The number of hydrogen-bond acceptors (Lipinski definition) is 7. The van der Waals surface area contributed by atoms with Gasteiger partial charge in [-0.15, -0.1) is 0 Å². The quantitative estimate of drug-likeness (QED) is 0.506. The summed E-state index contributed by atoms with van der Waals surface area (Å²) >= 11 is 0. The van der Waals surface area contributed by atoms with Gasteiger partial charge < -0.3 is 25.4 Å². The molecule has 1 atom stereocenters. The molecular formula is C21H27N5O3. The normalized spacial score (nSPS) is 12.8. The van der Waals surface area contributed by atoms with Crippen LogP contribution >= 0.6 is 0 Å². The molecule has 3 aromatic heterocycles. The van der Waals surface area contributed by atoms with Crippen LogP contribution in [0.1, 0.15) is 39.4 Å². The monoisotopic (exact) mass is 397 g/mol. The van der Waals surface area contributed by atoms with E-state index >= 15 is 0 Å². The third-order valence-electron chi connectivity index (χ3n) is 4.32. The van der Waals surface area contributed by atoms with Crippen LogP contribution < -0.4 is 16.2 Å². The average Bonchev–Trinajstić information content (AvgIpc) is 2.63. The molecule has 0 bridgehead atoms. The van der Waals surface area contributed by atoms with Gasteiger partial charge in [-0.05, 0) is 62.9 Å². The third kappa shape index (κ3) is 4.90. The first kappa shape index (κ1) is 20.8. The Bertz CT molecular complexity index is 1070. The van der Waals surface area contributed by atoms with E-state index in [4.69, 9.17) is 0 Å². The zero-order valence-electron chi connectivity index (χ0n) is 17.1. The summed E-state index contributed by atoms with van der Waals surface area (Å²) in [6.45, 7) is 7.76. The van der Waals surface area contributed by atoms with Crippen molar-refractivity contribution in [2.45, 2.75) is 45.9 Å². The second kappa shape index (κ2) is 8.18. The highest BCUT2D eigenvalue weighted by molar-refractivity contribution is 5.93. The van der Waals surface area contributed by atoms with Gasteiger partial charge in [-0.1, -0.05) is 0 Å². The Hall–Kier alpha value is -2.97. The predicted octanol–water partition coefficient (Wildman–Crippen LogP) is 2.79. The largest absolute Gasteiger partial charge is 0.395 e. The number of rotatable bonds is 6. The van der Waals surface area contributed by atoms with E-state index in [1.54, 1.807) is 37.5 Å². The Morgan fingerprint density at radius 2 is 1.97 bits per heavy atom. The topological polar surface area (TPSA) is 112 Å². The number of nitrogens with one attached hydrogen (secondary N) is 2. The van der Waals surface area contributed by atoms with Crippen LogP contribution in [0.2, 0.25) is 0 Å². The van der Waals surface area contributed by atoms with Gasteiger partial charge in [0.1, 0.15) is 17.5 Å². The molecule has 3 rings (SSSR count). The van der Waals surface area contributed by atoms with Crippen molar-refractivity contribution in [1.82, 2.24) is 14.5 Å². The van der Waals surface area contributed by atoms with Crippen molar-refractivity contribution in [3.63, 3.8) is 0 Å². The summed E-state index contributed by atoms with van der Waals surface area (Å²) in [6, 6.07) is 7.11. The molecule has 0 aliphatic heterocycles. The van der Waals surface area contributed by atoms with E-state index in [-0.39, 0.29) is 24.2 Å². The molecule has 0 radical (unpaired) electrons. The fraction of sp³-hybridized carbons (Fsp3) is 0.381. The lowest BCUT2D eigenvalue weighted by Gasteiger charge is -2.23. The molecule has 0 saturated carbocycles. The number of anilines is 3. The molecule has 4 N–H and O–H groups in total. The van der Waals surface area contributed by atoms with E-state index in [0.717, 1.165) is 10.9 Å². The van der Waals surface area contributed by atoms with E-state index in [2.05, 4.69) is 20.6 Å². The second-order valence-electron chi connectivity index (χ2n) is 8.01. The zero-order chi connectivity index (χ0) is 21.2. The highest BCUT2D eigenvalue weighted by Crippen LogP contribution is 2.26. The first-order valence-corrected chi connectivity index (χ1v) is 9.52. The molecule has 8 nitrogen and oxygen atoms in total. The molecule has 0 aliphatic rings. The van der Waals surface area contributed by atoms with Crippen molar-refractivity contribution >= 4 is 28.2 Å². The summed E-state index contributed by atoms with van der Waals surface area (Å²) < 4.78 is 1.47. The maximum Gasteiger partial charge on any atom is 0.262 e. The maximum atomic E-state index is 12.9. The summed E-state index contributed by atoms with van der Waals surface area (Å²) in [5.41, 5.74) is 0.215. The van der Waals surface area contributed by atoms with Crippen LogP contribution in [0, 0.1) is 0 Å². The molecule has 154 valence electrons. The zero-order valence-corrected chi connectivity index (χ0v) is 17.1. The molecule has 0 amide bonds. The van der Waals surface area contributed by atoms with Gasteiger partial charge in [-0.25, -0.2) is 9.97 Å². The summed E-state index contributed by atoms with van der Waals surface area (Å²) in [6.07, 6.45) is 2.68. The number of hydrogen-bond donors (Lipinski definition) is 4. The van der Waals surface area contributed by atoms with Crippen LogP contribution in [0.5, 0.6) is 0 Å². The van der Waals surface area contributed by atoms with Gasteiger partial charge >= 0.3 is 0 Å². The Kier molecular flexibility index (Phi) is 5.86. The maximum absolute atomic E-state index is 12.9. The first-order valence-electron chi connectivity index (χ1n) is 9.52. The molecule has 8 heteroatoms. The van der Waals surface area contributed by atoms with E-state index < -0.39 is 6.10 Å². The fourth-order valence-electron chi connectivity index (χ4n) is 3.00. The second-order valence-corrected chi connectivity index (χ2v) is 8.01. The summed E-state index contributed by atoms with van der Waals surface area (Å²) in [4.78, 5) is 21.8. The first-order chi connectivity index (χ1) is 13.7. The molecule has 0 fully saturated rings. The average molecular weight is 397 g/mol. The Morgan fingerprint density at radius 3 is 2.62 bits per heavy atom. The number of pyridine rings is 3. The molecule has 0 spiro atoms. The van der Waals surface area contributed by atoms with Gasteiger partial charge in [0.15, 0.2) is 0 Å². The van der Waals surface area contributed by atoms with Gasteiger partial charge in [0.25, 0.3) is 5.56 Å². The smallest absolute Gasteiger partial charge is 0.262 e. The van der Waals surface area contributed by atoms with Crippen LogP contribution in [-0.4, -0.2) is 36.9 Å². The Labute approximate surface area is 169 Å². The van der Waals surface area contributed by atoms with E-state index in [9.17, 15) is 15.0 Å². The third-order valence-corrected chi connectivity index (χ3v) is 4.32. The molecule has 3 aromatic rings. The summed E-state index contributed by atoms with van der Waals surface area (Å²) in [5.74, 6) is 1.53. The summed E-state index contributed by atoms with van der Waals surface area (Å²) in [5, 5.41) is 26.7. The van der Waals surface area contributed by atoms with Crippen molar-refractivity contribution in [2.75, 3.05) is 17.2 Å². The molecular weight excluding hydrogens is 370 g/mol. The lowest BCUT2D eigenvalue weighted by Crippen LogP contribution is -2.29. The molecule has 3 heterocycles. The number of aromatic nitrogens is 3. The molecule has 1 unspecified atom stereocenters.